The lowest BCUT2D eigenvalue weighted by molar-refractivity contribution is -0.124. The number of rotatable bonds is 6. The average molecular weight is 431 g/mol. The summed E-state index contributed by atoms with van der Waals surface area (Å²) in [5, 5.41) is 15.4. The van der Waals surface area contributed by atoms with E-state index in [2.05, 4.69) is 0 Å². The molecular formula is C24H26N6O2. The van der Waals surface area contributed by atoms with E-state index in [9.17, 15) is 4.79 Å². The number of carbonyl (C=O) groups is 1. The molecule has 2 heterocycles. The molecule has 164 valence electrons. The number of amides is 1. The Morgan fingerprint density at radius 3 is 2.66 bits per heavy atom. The second-order valence-corrected chi connectivity index (χ2v) is 8.12. The molecule has 0 bridgehead atoms. The molecule has 0 saturated heterocycles. The van der Waals surface area contributed by atoms with Gasteiger partial charge in [-0.2, -0.15) is 5.10 Å². The zero-order chi connectivity index (χ0) is 22.8. The zero-order valence-corrected chi connectivity index (χ0v) is 18.3. The SMILES string of the molecule is Cc1ccc(-n2cc3c(n2)c(C(N)CN(C)C)nc2ccc(/C=C/C(=O)NO)cc23)cc1. The van der Waals surface area contributed by atoms with E-state index in [1.165, 1.54) is 11.6 Å². The fourth-order valence-corrected chi connectivity index (χ4v) is 3.69. The van der Waals surface area contributed by atoms with Crippen molar-refractivity contribution in [2.75, 3.05) is 20.6 Å². The summed E-state index contributed by atoms with van der Waals surface area (Å²) < 4.78 is 1.85. The van der Waals surface area contributed by atoms with E-state index >= 15 is 0 Å². The summed E-state index contributed by atoms with van der Waals surface area (Å²) in [7, 11) is 3.95. The van der Waals surface area contributed by atoms with E-state index in [1.807, 2.05) is 79.3 Å². The van der Waals surface area contributed by atoms with Crippen molar-refractivity contribution < 1.29 is 10.0 Å². The molecule has 2 aromatic carbocycles. The van der Waals surface area contributed by atoms with Crippen LogP contribution in [0.1, 0.15) is 22.9 Å². The Bertz CT molecular complexity index is 1310. The second-order valence-electron chi connectivity index (χ2n) is 8.12. The van der Waals surface area contributed by atoms with Crippen molar-refractivity contribution in [2.45, 2.75) is 13.0 Å². The number of benzene rings is 2. The minimum atomic E-state index is -0.592. The predicted molar refractivity (Wildman–Crippen MR) is 126 cm³/mol. The van der Waals surface area contributed by atoms with Crippen molar-refractivity contribution in [1.82, 2.24) is 25.1 Å². The summed E-state index contributed by atoms with van der Waals surface area (Å²) in [4.78, 5) is 18.2. The van der Waals surface area contributed by atoms with Crippen LogP contribution in [0, 0.1) is 6.92 Å². The molecule has 0 saturated carbocycles. The molecular weight excluding hydrogens is 404 g/mol. The summed E-state index contributed by atoms with van der Waals surface area (Å²) in [6.45, 7) is 2.69. The highest BCUT2D eigenvalue weighted by Gasteiger charge is 2.19. The first-order chi connectivity index (χ1) is 15.4. The third-order valence-corrected chi connectivity index (χ3v) is 5.26. The van der Waals surface area contributed by atoms with Crippen molar-refractivity contribution in [1.29, 1.82) is 0 Å². The maximum absolute atomic E-state index is 11.4. The summed E-state index contributed by atoms with van der Waals surface area (Å²) in [6.07, 6.45) is 4.89. The smallest absolute Gasteiger partial charge is 0.267 e. The van der Waals surface area contributed by atoms with Crippen molar-refractivity contribution >= 4 is 33.8 Å². The van der Waals surface area contributed by atoms with Crippen molar-refractivity contribution in [3.8, 4) is 5.69 Å². The highest BCUT2D eigenvalue weighted by atomic mass is 16.5. The Kier molecular flexibility index (Phi) is 6.00. The van der Waals surface area contributed by atoms with E-state index in [1.54, 1.807) is 11.6 Å². The standard InChI is InChI=1S/C24H26N6O2/c1-15-4-8-17(9-5-15)30-13-19-18-12-16(7-11-22(31)28-32)6-10-21(18)26-24(23(19)27-30)20(25)14-29(2)3/h4-13,20,32H,14,25H2,1-3H3,(H,28,31)/b11-7+. The van der Waals surface area contributed by atoms with Gasteiger partial charge < -0.3 is 10.6 Å². The van der Waals surface area contributed by atoms with Crippen LogP contribution in [-0.4, -0.2) is 51.4 Å². The molecule has 8 heteroatoms. The Hall–Kier alpha value is -3.59. The fourth-order valence-electron chi connectivity index (χ4n) is 3.69. The summed E-state index contributed by atoms with van der Waals surface area (Å²) >= 11 is 0. The molecule has 0 fully saturated rings. The molecule has 0 aliphatic rings. The van der Waals surface area contributed by atoms with E-state index in [0.717, 1.165) is 38.8 Å². The molecule has 1 atom stereocenters. The highest BCUT2D eigenvalue weighted by molar-refractivity contribution is 6.06. The van der Waals surface area contributed by atoms with Gasteiger partial charge in [-0.1, -0.05) is 23.8 Å². The molecule has 0 radical (unpaired) electrons. The molecule has 4 aromatic rings. The number of nitrogens with zero attached hydrogens (tertiary/aromatic N) is 4. The topological polar surface area (TPSA) is 109 Å². The number of nitrogens with one attached hydrogen (secondary N) is 1. The highest BCUT2D eigenvalue weighted by Crippen LogP contribution is 2.30. The van der Waals surface area contributed by atoms with Crippen molar-refractivity contribution in [2.24, 2.45) is 5.73 Å². The van der Waals surface area contributed by atoms with Gasteiger partial charge in [-0.25, -0.2) is 15.1 Å². The van der Waals surface area contributed by atoms with Gasteiger partial charge in [-0.05, 0) is 56.9 Å². The number of aromatic nitrogens is 3. The number of nitrogens with two attached hydrogens (primary N) is 1. The Morgan fingerprint density at radius 2 is 1.97 bits per heavy atom. The first-order valence-electron chi connectivity index (χ1n) is 10.3. The zero-order valence-electron chi connectivity index (χ0n) is 18.3. The lowest BCUT2D eigenvalue weighted by atomic mass is 10.0. The van der Waals surface area contributed by atoms with Gasteiger partial charge in [0.25, 0.3) is 5.91 Å². The van der Waals surface area contributed by atoms with Crippen LogP contribution in [0.25, 0.3) is 33.6 Å². The maximum atomic E-state index is 11.4. The third kappa shape index (κ3) is 4.38. The molecule has 1 amide bonds. The van der Waals surface area contributed by atoms with Crippen molar-refractivity contribution in [3.05, 3.63) is 71.6 Å². The van der Waals surface area contributed by atoms with Crippen LogP contribution in [0.4, 0.5) is 0 Å². The lowest BCUT2D eigenvalue weighted by Crippen LogP contribution is -2.27. The third-order valence-electron chi connectivity index (χ3n) is 5.26. The van der Waals surface area contributed by atoms with Crippen LogP contribution in [-0.2, 0) is 4.79 Å². The normalized spacial score (nSPS) is 12.8. The van der Waals surface area contributed by atoms with Crippen LogP contribution >= 0.6 is 0 Å². The van der Waals surface area contributed by atoms with E-state index in [0.29, 0.717) is 6.54 Å². The van der Waals surface area contributed by atoms with E-state index in [4.69, 9.17) is 21.0 Å². The van der Waals surface area contributed by atoms with Crippen LogP contribution in [0.2, 0.25) is 0 Å². The molecule has 0 aliphatic carbocycles. The quantitative estimate of drug-likeness (QED) is 0.247. The first kappa shape index (κ1) is 21.6. The monoisotopic (exact) mass is 430 g/mol. The van der Waals surface area contributed by atoms with Crippen LogP contribution in [0.15, 0.2) is 54.7 Å². The number of fused-ring (bicyclic) bond motifs is 3. The molecule has 1 unspecified atom stereocenters. The van der Waals surface area contributed by atoms with Gasteiger partial charge in [0.15, 0.2) is 0 Å². The molecule has 0 spiro atoms. The van der Waals surface area contributed by atoms with Gasteiger partial charge in [-0.3, -0.25) is 10.0 Å². The lowest BCUT2D eigenvalue weighted by Gasteiger charge is -2.17. The second kappa shape index (κ2) is 8.88. The Labute approximate surface area is 185 Å². The van der Waals surface area contributed by atoms with Gasteiger partial charge in [0.05, 0.1) is 22.9 Å². The van der Waals surface area contributed by atoms with Crippen LogP contribution in [0.3, 0.4) is 0 Å². The van der Waals surface area contributed by atoms with Gasteiger partial charge in [0.1, 0.15) is 5.52 Å². The molecule has 8 nitrogen and oxygen atoms in total. The molecule has 4 rings (SSSR count). The number of aryl methyl sites for hydroxylation is 1. The van der Waals surface area contributed by atoms with Crippen molar-refractivity contribution in [3.63, 3.8) is 0 Å². The predicted octanol–water partition coefficient (Wildman–Crippen LogP) is 2.96. The van der Waals surface area contributed by atoms with Gasteiger partial charge in [0.2, 0.25) is 0 Å². The number of hydroxylamine groups is 1. The molecule has 32 heavy (non-hydrogen) atoms. The Morgan fingerprint density at radius 1 is 1.22 bits per heavy atom. The minimum absolute atomic E-state index is 0.300. The number of carbonyl (C=O) groups excluding carboxylic acids is 1. The summed E-state index contributed by atoms with van der Waals surface area (Å²) in [5.74, 6) is -0.592. The van der Waals surface area contributed by atoms with Crippen LogP contribution in [0.5, 0.6) is 0 Å². The molecule has 4 N–H and O–H groups in total. The maximum Gasteiger partial charge on any atom is 0.267 e. The van der Waals surface area contributed by atoms with Crippen LogP contribution < -0.4 is 11.2 Å². The van der Waals surface area contributed by atoms with Gasteiger partial charge in [0, 0.05) is 29.6 Å². The van der Waals surface area contributed by atoms with Gasteiger partial charge >= 0.3 is 0 Å². The fraction of sp³-hybridized carbons (Fsp3) is 0.208. The largest absolute Gasteiger partial charge is 0.322 e. The average Bonchev–Trinajstić information content (AvgIpc) is 3.22. The van der Waals surface area contributed by atoms with Gasteiger partial charge in [-0.15, -0.1) is 0 Å². The number of likely N-dealkylation sites (N-methyl/N-ethyl adjacent to an activating group) is 1. The first-order valence-corrected chi connectivity index (χ1v) is 10.3. The summed E-state index contributed by atoms with van der Waals surface area (Å²) in [6, 6.07) is 13.6. The minimum Gasteiger partial charge on any atom is -0.322 e. The van der Waals surface area contributed by atoms with E-state index < -0.39 is 5.91 Å². The molecule has 2 aromatic heterocycles. The number of hydrogen-bond donors (Lipinski definition) is 3. The summed E-state index contributed by atoms with van der Waals surface area (Å²) in [5.41, 5.74) is 13.3. The number of pyridine rings is 1. The molecule has 0 aliphatic heterocycles. The number of hydrogen-bond acceptors (Lipinski definition) is 6. The van der Waals surface area contributed by atoms with E-state index in [-0.39, 0.29) is 6.04 Å². The Balaban J connectivity index is 1.92.